The van der Waals surface area contributed by atoms with Crippen molar-refractivity contribution in [3.63, 3.8) is 0 Å². The van der Waals surface area contributed by atoms with E-state index in [9.17, 15) is 0 Å². The molecule has 0 bridgehead atoms. The summed E-state index contributed by atoms with van der Waals surface area (Å²) >= 11 is 0. The lowest BCUT2D eigenvalue weighted by molar-refractivity contribution is 0.308. The van der Waals surface area contributed by atoms with Crippen LogP contribution in [0.2, 0.25) is 0 Å². The minimum absolute atomic E-state index is 0.372. The van der Waals surface area contributed by atoms with Gasteiger partial charge in [0.15, 0.2) is 0 Å². The summed E-state index contributed by atoms with van der Waals surface area (Å²) in [7, 11) is 0. The van der Waals surface area contributed by atoms with Gasteiger partial charge in [-0.15, -0.1) is 6.58 Å². The summed E-state index contributed by atoms with van der Waals surface area (Å²) in [5, 5.41) is 0. The standard InChI is InChI=1S/C17H26O/c1-6-8-9-18-17-11-15(13(3)4)10-16(12-17)14(5)7-2/h7,10-14H,2,6,8-9H2,1,3-5H3. The van der Waals surface area contributed by atoms with E-state index in [1.54, 1.807) is 0 Å². The fourth-order valence-electron chi connectivity index (χ4n) is 1.80. The van der Waals surface area contributed by atoms with Crippen LogP contribution in [0, 0.1) is 0 Å². The first-order chi connectivity index (χ1) is 8.58. The number of hydrogen-bond acceptors (Lipinski definition) is 1. The van der Waals surface area contributed by atoms with Crippen LogP contribution in [0.5, 0.6) is 5.75 Å². The van der Waals surface area contributed by atoms with Gasteiger partial charge in [0.25, 0.3) is 0 Å². The first-order valence-electron chi connectivity index (χ1n) is 6.98. The molecule has 18 heavy (non-hydrogen) atoms. The summed E-state index contributed by atoms with van der Waals surface area (Å²) in [5.74, 6) is 1.89. The Morgan fingerprint density at radius 1 is 1.17 bits per heavy atom. The van der Waals surface area contributed by atoms with Crippen molar-refractivity contribution in [1.29, 1.82) is 0 Å². The van der Waals surface area contributed by atoms with Crippen LogP contribution in [0.4, 0.5) is 0 Å². The molecule has 0 fully saturated rings. The summed E-state index contributed by atoms with van der Waals surface area (Å²) in [4.78, 5) is 0. The molecular weight excluding hydrogens is 220 g/mol. The van der Waals surface area contributed by atoms with Crippen LogP contribution in [0.15, 0.2) is 30.9 Å². The Kier molecular flexibility index (Phi) is 5.97. The lowest BCUT2D eigenvalue weighted by Crippen LogP contribution is -2.00. The van der Waals surface area contributed by atoms with Crippen LogP contribution < -0.4 is 4.74 Å². The third-order valence-electron chi connectivity index (χ3n) is 3.26. The zero-order valence-electron chi connectivity index (χ0n) is 12.2. The van der Waals surface area contributed by atoms with Gasteiger partial charge in [-0.1, -0.05) is 46.3 Å². The van der Waals surface area contributed by atoms with Crippen molar-refractivity contribution in [1.82, 2.24) is 0 Å². The molecule has 1 aromatic rings. The van der Waals surface area contributed by atoms with Gasteiger partial charge in [0.2, 0.25) is 0 Å². The molecule has 0 saturated carbocycles. The van der Waals surface area contributed by atoms with Gasteiger partial charge in [-0.2, -0.15) is 0 Å². The van der Waals surface area contributed by atoms with Crippen molar-refractivity contribution in [2.45, 2.75) is 52.4 Å². The number of hydrogen-bond donors (Lipinski definition) is 0. The number of ether oxygens (including phenoxy) is 1. The first kappa shape index (κ1) is 14.8. The molecule has 1 heteroatoms. The summed E-state index contributed by atoms with van der Waals surface area (Å²) < 4.78 is 5.84. The minimum atomic E-state index is 0.372. The molecule has 100 valence electrons. The Morgan fingerprint density at radius 3 is 2.39 bits per heavy atom. The molecule has 0 spiro atoms. The fraction of sp³-hybridized carbons (Fsp3) is 0.529. The largest absolute Gasteiger partial charge is 0.494 e. The number of rotatable bonds is 7. The van der Waals surface area contributed by atoms with Gasteiger partial charge in [0.1, 0.15) is 5.75 Å². The molecule has 0 heterocycles. The topological polar surface area (TPSA) is 9.23 Å². The van der Waals surface area contributed by atoms with Crippen LogP contribution in [-0.2, 0) is 0 Å². The maximum atomic E-state index is 5.84. The van der Waals surface area contributed by atoms with E-state index in [4.69, 9.17) is 4.74 Å². The van der Waals surface area contributed by atoms with Crippen LogP contribution in [-0.4, -0.2) is 6.61 Å². The molecule has 1 nitrogen and oxygen atoms in total. The second kappa shape index (κ2) is 7.25. The highest BCUT2D eigenvalue weighted by Crippen LogP contribution is 2.27. The zero-order valence-corrected chi connectivity index (χ0v) is 12.2. The van der Waals surface area contributed by atoms with E-state index in [1.165, 1.54) is 17.5 Å². The highest BCUT2D eigenvalue weighted by Gasteiger charge is 2.08. The molecular formula is C17H26O. The molecule has 0 aliphatic carbocycles. The molecule has 0 aliphatic heterocycles. The summed E-state index contributed by atoms with van der Waals surface area (Å²) in [5.41, 5.74) is 2.63. The number of unbranched alkanes of at least 4 members (excludes halogenated alkanes) is 1. The molecule has 1 aromatic carbocycles. The Labute approximate surface area is 112 Å². The molecule has 0 saturated heterocycles. The highest BCUT2D eigenvalue weighted by molar-refractivity contribution is 5.38. The Hall–Kier alpha value is -1.24. The molecule has 1 unspecified atom stereocenters. The molecule has 1 rings (SSSR count). The normalized spacial score (nSPS) is 12.5. The second-order valence-corrected chi connectivity index (χ2v) is 5.22. The molecule has 0 N–H and O–H groups in total. The van der Waals surface area contributed by atoms with E-state index in [2.05, 4.69) is 52.5 Å². The van der Waals surface area contributed by atoms with E-state index in [0.717, 1.165) is 18.8 Å². The molecule has 0 radical (unpaired) electrons. The lowest BCUT2D eigenvalue weighted by atomic mass is 9.94. The highest BCUT2D eigenvalue weighted by atomic mass is 16.5. The first-order valence-corrected chi connectivity index (χ1v) is 6.98. The predicted octanol–water partition coefficient (Wildman–Crippen LogP) is 5.28. The smallest absolute Gasteiger partial charge is 0.119 e. The average Bonchev–Trinajstić information content (AvgIpc) is 2.37. The fourth-order valence-corrected chi connectivity index (χ4v) is 1.80. The lowest BCUT2D eigenvalue weighted by Gasteiger charge is -2.15. The van der Waals surface area contributed by atoms with Crippen molar-refractivity contribution in [2.24, 2.45) is 0 Å². The molecule has 0 aliphatic rings. The Morgan fingerprint density at radius 2 is 1.83 bits per heavy atom. The van der Waals surface area contributed by atoms with Crippen molar-refractivity contribution in [3.8, 4) is 5.75 Å². The minimum Gasteiger partial charge on any atom is -0.494 e. The SMILES string of the molecule is C=CC(C)c1cc(OCCCC)cc(C(C)C)c1. The Balaban J connectivity index is 2.94. The quantitative estimate of drug-likeness (QED) is 0.470. The van der Waals surface area contributed by atoms with E-state index in [1.807, 2.05) is 6.08 Å². The van der Waals surface area contributed by atoms with Gasteiger partial charge < -0.3 is 4.74 Å². The second-order valence-electron chi connectivity index (χ2n) is 5.22. The van der Waals surface area contributed by atoms with Crippen LogP contribution in [0.3, 0.4) is 0 Å². The van der Waals surface area contributed by atoms with Crippen LogP contribution in [0.25, 0.3) is 0 Å². The van der Waals surface area contributed by atoms with Crippen LogP contribution >= 0.6 is 0 Å². The monoisotopic (exact) mass is 246 g/mol. The van der Waals surface area contributed by atoms with Gasteiger partial charge in [0.05, 0.1) is 6.61 Å². The molecule has 0 aromatic heterocycles. The van der Waals surface area contributed by atoms with Crippen molar-refractivity contribution in [2.75, 3.05) is 6.61 Å². The van der Waals surface area contributed by atoms with Crippen molar-refractivity contribution in [3.05, 3.63) is 42.0 Å². The number of allylic oxidation sites excluding steroid dienone is 1. The maximum Gasteiger partial charge on any atom is 0.119 e. The Bertz CT molecular complexity index is 379. The zero-order chi connectivity index (χ0) is 13.5. The van der Waals surface area contributed by atoms with E-state index < -0.39 is 0 Å². The van der Waals surface area contributed by atoms with Gasteiger partial charge in [0, 0.05) is 0 Å². The van der Waals surface area contributed by atoms with Gasteiger partial charge in [-0.25, -0.2) is 0 Å². The molecule has 1 atom stereocenters. The number of benzene rings is 1. The third-order valence-corrected chi connectivity index (χ3v) is 3.26. The third kappa shape index (κ3) is 4.21. The average molecular weight is 246 g/mol. The molecule has 0 amide bonds. The van der Waals surface area contributed by atoms with E-state index >= 15 is 0 Å². The van der Waals surface area contributed by atoms with Gasteiger partial charge in [-0.3, -0.25) is 0 Å². The van der Waals surface area contributed by atoms with E-state index in [0.29, 0.717) is 11.8 Å². The summed E-state index contributed by atoms with van der Waals surface area (Å²) in [6.45, 7) is 13.5. The van der Waals surface area contributed by atoms with Gasteiger partial charge >= 0.3 is 0 Å². The van der Waals surface area contributed by atoms with Gasteiger partial charge in [-0.05, 0) is 41.5 Å². The predicted molar refractivity (Wildman–Crippen MR) is 79.5 cm³/mol. The summed E-state index contributed by atoms with van der Waals surface area (Å²) in [6, 6.07) is 6.58. The van der Waals surface area contributed by atoms with Crippen LogP contribution in [0.1, 0.15) is 63.5 Å². The van der Waals surface area contributed by atoms with E-state index in [-0.39, 0.29) is 0 Å². The van der Waals surface area contributed by atoms with Crippen molar-refractivity contribution < 1.29 is 4.74 Å². The summed E-state index contributed by atoms with van der Waals surface area (Å²) in [6.07, 6.45) is 4.26. The maximum absolute atomic E-state index is 5.84. The van der Waals surface area contributed by atoms with Crippen molar-refractivity contribution >= 4 is 0 Å².